The number of esters is 4. The van der Waals surface area contributed by atoms with Crippen LogP contribution in [0.4, 0.5) is 0 Å². The van der Waals surface area contributed by atoms with Gasteiger partial charge in [0.2, 0.25) is 0 Å². The van der Waals surface area contributed by atoms with E-state index in [9.17, 15) is 19.2 Å². The molecule has 13 unspecified atom stereocenters. The maximum atomic E-state index is 12.8. The van der Waals surface area contributed by atoms with Crippen molar-refractivity contribution in [1.82, 2.24) is 0 Å². The van der Waals surface area contributed by atoms with Gasteiger partial charge in [-0.05, 0) is 35.6 Å². The Labute approximate surface area is 414 Å². The summed E-state index contributed by atoms with van der Waals surface area (Å²) in [7, 11) is 0. The highest BCUT2D eigenvalue weighted by atomic mass is 16.8. The smallest absolute Gasteiger partial charge is 0.303 e. The van der Waals surface area contributed by atoms with Crippen LogP contribution >= 0.6 is 0 Å². The lowest BCUT2D eigenvalue weighted by molar-refractivity contribution is -0.363. The SMILES string of the molecule is CC(=O)OCC1OC(OC2CCOC(COCc3ccccc3)C2OC2OC(C)C(OCc3ccccc3)C(OCc3ccccc3)C2OCc2ccccc2)C(OC(C)=O)C(OC(C)=O)C1OC(C)=O. The standard InChI is InChI=1S/C54H64O17/c1-34-46(62-29-40-20-12-7-13-21-40)49(63-30-41-22-14-8-15-23-41)51(64-31-42-24-16-9-17-25-42)53(65-34)71-47-43(26-27-60-44(47)32-59-28-39-18-10-6-11-19-39)69-54-52(68-38(5)58)50(67-37(4)57)48(66-36(3)56)45(70-54)33-61-35(2)55/h6-25,34,43-54H,26-33H2,1-5H3. The summed E-state index contributed by atoms with van der Waals surface area (Å²) in [5.41, 5.74) is 3.72. The Morgan fingerprint density at radius 1 is 0.465 bits per heavy atom. The summed E-state index contributed by atoms with van der Waals surface area (Å²) in [6.45, 7) is 7.24. The van der Waals surface area contributed by atoms with Gasteiger partial charge in [0.25, 0.3) is 0 Å². The summed E-state index contributed by atoms with van der Waals surface area (Å²) >= 11 is 0. The predicted molar refractivity (Wildman–Crippen MR) is 252 cm³/mol. The number of carbonyl (C=O) groups is 4. The number of ether oxygens (including phenoxy) is 13. The monoisotopic (exact) mass is 984 g/mol. The van der Waals surface area contributed by atoms with Crippen molar-refractivity contribution in [2.24, 2.45) is 0 Å². The zero-order valence-corrected chi connectivity index (χ0v) is 40.6. The molecule has 3 aliphatic heterocycles. The van der Waals surface area contributed by atoms with Gasteiger partial charge in [-0.3, -0.25) is 19.2 Å². The van der Waals surface area contributed by atoms with Gasteiger partial charge in [-0.15, -0.1) is 0 Å². The van der Waals surface area contributed by atoms with Gasteiger partial charge in [0.1, 0.15) is 43.2 Å². The zero-order valence-electron chi connectivity index (χ0n) is 40.6. The molecule has 0 radical (unpaired) electrons. The number of hydrogen-bond acceptors (Lipinski definition) is 17. The van der Waals surface area contributed by atoms with Crippen LogP contribution in [0.3, 0.4) is 0 Å². The Balaban J connectivity index is 1.25. The molecule has 71 heavy (non-hydrogen) atoms. The van der Waals surface area contributed by atoms with Crippen molar-refractivity contribution < 1.29 is 80.8 Å². The molecule has 3 fully saturated rings. The van der Waals surface area contributed by atoms with Gasteiger partial charge >= 0.3 is 23.9 Å². The average Bonchev–Trinajstić information content (AvgIpc) is 3.35. The van der Waals surface area contributed by atoms with Crippen LogP contribution in [-0.2, 0) is 107 Å². The van der Waals surface area contributed by atoms with Crippen molar-refractivity contribution in [3.63, 3.8) is 0 Å². The first-order valence-electron chi connectivity index (χ1n) is 23.9. The third-order valence-corrected chi connectivity index (χ3v) is 12.0. The molecule has 0 aromatic heterocycles. The fraction of sp³-hybridized carbons (Fsp3) is 0.481. The average molecular weight is 985 g/mol. The van der Waals surface area contributed by atoms with Gasteiger partial charge in [-0.25, -0.2) is 0 Å². The van der Waals surface area contributed by atoms with Crippen LogP contribution in [0.25, 0.3) is 0 Å². The Morgan fingerprint density at radius 3 is 1.45 bits per heavy atom. The Bertz CT molecular complexity index is 2250. The Kier molecular flexibility index (Phi) is 20.0. The van der Waals surface area contributed by atoms with Crippen LogP contribution in [0.2, 0.25) is 0 Å². The van der Waals surface area contributed by atoms with Crippen LogP contribution in [0.5, 0.6) is 0 Å². The van der Waals surface area contributed by atoms with Gasteiger partial charge < -0.3 is 61.6 Å². The lowest BCUT2D eigenvalue weighted by Crippen LogP contribution is -2.65. The van der Waals surface area contributed by atoms with Gasteiger partial charge in [0.15, 0.2) is 30.9 Å². The van der Waals surface area contributed by atoms with Gasteiger partial charge in [-0.1, -0.05) is 121 Å². The van der Waals surface area contributed by atoms with E-state index in [1.165, 1.54) is 13.8 Å². The van der Waals surface area contributed by atoms with E-state index in [0.717, 1.165) is 36.1 Å². The lowest BCUT2D eigenvalue weighted by atomic mass is 9.96. The summed E-state index contributed by atoms with van der Waals surface area (Å²) in [6, 6.07) is 38.9. The molecule has 4 aromatic carbocycles. The molecule has 7 rings (SSSR count). The van der Waals surface area contributed by atoms with E-state index >= 15 is 0 Å². The second-order valence-corrected chi connectivity index (χ2v) is 17.5. The maximum absolute atomic E-state index is 12.8. The third-order valence-electron chi connectivity index (χ3n) is 12.0. The summed E-state index contributed by atoms with van der Waals surface area (Å²) in [6.07, 6.45) is -13.7. The highest BCUT2D eigenvalue weighted by Crippen LogP contribution is 2.37. The van der Waals surface area contributed by atoms with E-state index < -0.39 is 110 Å². The summed E-state index contributed by atoms with van der Waals surface area (Å²) in [5.74, 6) is -2.96. The molecule has 0 spiro atoms. The molecular weight excluding hydrogens is 921 g/mol. The molecule has 0 aliphatic carbocycles. The minimum Gasteiger partial charge on any atom is -0.463 e. The zero-order chi connectivity index (χ0) is 50.1. The van der Waals surface area contributed by atoms with E-state index in [1.807, 2.05) is 128 Å². The fourth-order valence-electron chi connectivity index (χ4n) is 8.77. The van der Waals surface area contributed by atoms with Crippen molar-refractivity contribution >= 4 is 23.9 Å². The van der Waals surface area contributed by atoms with Crippen LogP contribution in [0, 0.1) is 0 Å². The first-order chi connectivity index (χ1) is 34.4. The van der Waals surface area contributed by atoms with Crippen LogP contribution in [-0.4, -0.2) is 123 Å². The van der Waals surface area contributed by atoms with E-state index in [0.29, 0.717) is 0 Å². The van der Waals surface area contributed by atoms with E-state index in [-0.39, 0.29) is 46.1 Å². The summed E-state index contributed by atoms with van der Waals surface area (Å²) < 4.78 is 82.8. The van der Waals surface area contributed by atoms with Crippen LogP contribution < -0.4 is 0 Å². The number of benzene rings is 4. The Hall–Kier alpha value is -5.60. The van der Waals surface area contributed by atoms with E-state index in [4.69, 9.17) is 61.6 Å². The minimum atomic E-state index is -1.51. The second-order valence-electron chi connectivity index (χ2n) is 17.5. The molecule has 0 amide bonds. The van der Waals surface area contributed by atoms with Crippen molar-refractivity contribution in [2.75, 3.05) is 19.8 Å². The topological polar surface area (TPSA) is 188 Å². The minimum absolute atomic E-state index is 0.0343. The molecule has 17 nitrogen and oxygen atoms in total. The Morgan fingerprint density at radius 2 is 0.930 bits per heavy atom. The molecule has 3 heterocycles. The molecule has 4 aromatic rings. The first-order valence-corrected chi connectivity index (χ1v) is 23.9. The quantitative estimate of drug-likeness (QED) is 0.0626. The molecule has 3 aliphatic rings. The predicted octanol–water partition coefficient (Wildman–Crippen LogP) is 6.35. The fourth-order valence-corrected chi connectivity index (χ4v) is 8.77. The van der Waals surface area contributed by atoms with Crippen molar-refractivity contribution in [3.8, 4) is 0 Å². The molecule has 13 atom stereocenters. The largest absolute Gasteiger partial charge is 0.463 e. The van der Waals surface area contributed by atoms with Gasteiger partial charge in [0, 0.05) is 34.3 Å². The van der Waals surface area contributed by atoms with Crippen molar-refractivity contribution in [2.45, 2.75) is 147 Å². The number of carbonyl (C=O) groups excluding carboxylic acids is 4. The van der Waals surface area contributed by atoms with Crippen molar-refractivity contribution in [1.29, 1.82) is 0 Å². The third kappa shape index (κ3) is 15.7. The summed E-state index contributed by atoms with van der Waals surface area (Å²) in [4.78, 5) is 50.1. The molecule has 17 heteroatoms. The van der Waals surface area contributed by atoms with Gasteiger partial charge in [0.05, 0.1) is 45.2 Å². The molecule has 0 N–H and O–H groups in total. The first kappa shape index (κ1) is 53.2. The number of hydrogen-bond donors (Lipinski definition) is 0. The number of rotatable bonds is 22. The second kappa shape index (κ2) is 26.7. The highest BCUT2D eigenvalue weighted by Gasteiger charge is 2.55. The van der Waals surface area contributed by atoms with E-state index in [2.05, 4.69) is 0 Å². The molecule has 3 saturated heterocycles. The van der Waals surface area contributed by atoms with E-state index in [1.54, 1.807) is 0 Å². The highest BCUT2D eigenvalue weighted by molar-refractivity contribution is 5.68. The maximum Gasteiger partial charge on any atom is 0.303 e. The van der Waals surface area contributed by atoms with Gasteiger partial charge in [-0.2, -0.15) is 0 Å². The normalized spacial score (nSPS) is 28.5. The van der Waals surface area contributed by atoms with Crippen molar-refractivity contribution in [3.05, 3.63) is 144 Å². The molecule has 0 bridgehead atoms. The molecule has 0 saturated carbocycles. The van der Waals surface area contributed by atoms with Crippen LogP contribution in [0.15, 0.2) is 121 Å². The van der Waals surface area contributed by atoms with Crippen LogP contribution in [0.1, 0.15) is 63.3 Å². The summed E-state index contributed by atoms with van der Waals surface area (Å²) in [5, 5.41) is 0. The molecular formula is C54H64O17. The molecule has 382 valence electrons. The lowest BCUT2D eigenvalue weighted by Gasteiger charge is -2.49.